The number of hydrogen-bond donors (Lipinski definition) is 0. The van der Waals surface area contributed by atoms with E-state index in [2.05, 4.69) is 255 Å². The van der Waals surface area contributed by atoms with Crippen molar-refractivity contribution in [2.24, 2.45) is 0 Å². The molecule has 13 rings (SSSR count). The average molecular weight is 987 g/mol. The second-order valence-electron chi connectivity index (χ2n) is 19.6. The molecule has 0 unspecified atom stereocenters. The van der Waals surface area contributed by atoms with Gasteiger partial charge in [-0.25, -0.2) is 0 Å². The van der Waals surface area contributed by atoms with Gasteiger partial charge in [0.1, 0.15) is 0 Å². The molecule has 11 aromatic rings. The van der Waals surface area contributed by atoms with Gasteiger partial charge >= 0.3 is 0 Å². The van der Waals surface area contributed by atoms with E-state index >= 15 is 0 Å². The van der Waals surface area contributed by atoms with Crippen molar-refractivity contribution >= 4 is 10.8 Å². The third-order valence-electron chi connectivity index (χ3n) is 14.3. The Hall–Kier alpha value is -8.32. The van der Waals surface area contributed by atoms with Gasteiger partial charge in [0.15, 0.2) is 0 Å². The van der Waals surface area contributed by atoms with Crippen LogP contribution in [0.4, 0.5) is 0 Å². The summed E-state index contributed by atoms with van der Waals surface area (Å²) in [4.78, 5) is 0. The van der Waals surface area contributed by atoms with Crippen molar-refractivity contribution in [3.63, 3.8) is 0 Å². The Balaban J connectivity index is 0.000000124. The summed E-state index contributed by atoms with van der Waals surface area (Å²) in [6, 6.07) is 110. The molecule has 0 aromatic heterocycles. The van der Waals surface area contributed by atoms with Crippen LogP contribution in [0.5, 0.6) is 0 Å². The molecule has 2 aliphatic rings. The molecule has 0 atom stereocenters. The first kappa shape index (κ1) is 54.0. The Bertz CT molecular complexity index is 2990. The molecular formula is C76H74. The van der Waals surface area contributed by atoms with E-state index in [1.807, 2.05) is 60.7 Å². The largest absolute Gasteiger partial charge is 0.0623 e. The molecule has 0 saturated heterocycles. The fourth-order valence-electron chi connectivity index (χ4n) is 10.1. The van der Waals surface area contributed by atoms with Crippen LogP contribution in [0.2, 0.25) is 0 Å². The number of hydrogen-bond acceptors (Lipinski definition) is 0. The third kappa shape index (κ3) is 18.0. The molecule has 0 heterocycles. The maximum Gasteiger partial charge on any atom is -0.0162 e. The second kappa shape index (κ2) is 31.4. The molecule has 0 bridgehead atoms. The van der Waals surface area contributed by atoms with E-state index in [9.17, 15) is 0 Å². The van der Waals surface area contributed by atoms with Crippen molar-refractivity contribution in [2.45, 2.75) is 76.0 Å². The fraction of sp³-hybridized carbons (Fsp3) is 0.158. The third-order valence-corrected chi connectivity index (χ3v) is 14.3. The Morgan fingerprint density at radius 2 is 0.342 bits per heavy atom. The van der Waals surface area contributed by atoms with E-state index < -0.39 is 0 Å². The van der Waals surface area contributed by atoms with E-state index in [1.54, 1.807) is 5.56 Å². The molecule has 0 radical (unpaired) electrons. The monoisotopic (exact) mass is 987 g/mol. The average Bonchev–Trinajstić information content (AvgIpc) is 3.54. The van der Waals surface area contributed by atoms with E-state index in [4.69, 9.17) is 0 Å². The zero-order valence-corrected chi connectivity index (χ0v) is 44.2. The topological polar surface area (TPSA) is 0 Å². The molecule has 0 N–H and O–H groups in total. The molecule has 378 valence electrons. The summed E-state index contributed by atoms with van der Waals surface area (Å²) in [6.45, 7) is 0. The van der Waals surface area contributed by atoms with Gasteiger partial charge in [0.25, 0.3) is 0 Å². The van der Waals surface area contributed by atoms with E-state index in [0.717, 1.165) is 11.8 Å². The summed E-state index contributed by atoms with van der Waals surface area (Å²) in [5.74, 6) is 1.67. The summed E-state index contributed by atoms with van der Waals surface area (Å²) in [6.07, 6.45) is 14.1. The molecular weight excluding hydrogens is 913 g/mol. The van der Waals surface area contributed by atoms with Crippen molar-refractivity contribution in [1.29, 1.82) is 0 Å². The van der Waals surface area contributed by atoms with Crippen LogP contribution in [-0.2, 0) is 0 Å². The first-order valence-electron chi connectivity index (χ1n) is 27.7. The highest BCUT2D eigenvalue weighted by molar-refractivity contribution is 5.82. The van der Waals surface area contributed by atoms with Gasteiger partial charge in [0.05, 0.1) is 0 Å². The lowest BCUT2D eigenvalue weighted by Gasteiger charge is -2.22. The van der Waals surface area contributed by atoms with Gasteiger partial charge in [-0.05, 0) is 104 Å². The summed E-state index contributed by atoms with van der Waals surface area (Å²) in [7, 11) is 0. The summed E-state index contributed by atoms with van der Waals surface area (Å²) < 4.78 is 0. The lowest BCUT2D eigenvalue weighted by Crippen LogP contribution is -2.04. The Kier molecular flexibility index (Phi) is 22.3. The number of benzene rings is 11. The molecule has 0 nitrogen and oxygen atoms in total. The van der Waals surface area contributed by atoms with Gasteiger partial charge < -0.3 is 0 Å². The lowest BCUT2D eigenvalue weighted by molar-refractivity contribution is 0.443. The van der Waals surface area contributed by atoms with Crippen LogP contribution >= 0.6 is 0 Å². The van der Waals surface area contributed by atoms with Crippen LogP contribution in [-0.4, -0.2) is 0 Å². The quantitative estimate of drug-likeness (QED) is 0.156. The molecule has 0 aliphatic heterocycles. The Morgan fingerprint density at radius 1 is 0.158 bits per heavy atom. The molecule has 11 aromatic carbocycles. The predicted octanol–water partition coefficient (Wildman–Crippen LogP) is 22.0. The van der Waals surface area contributed by atoms with Crippen molar-refractivity contribution < 1.29 is 0 Å². The fourth-order valence-corrected chi connectivity index (χ4v) is 10.1. The molecule has 0 amide bonds. The Labute approximate surface area is 455 Å². The van der Waals surface area contributed by atoms with Crippen LogP contribution in [0.25, 0.3) is 55.3 Å². The standard InChI is InChI=1S/C18H20.C18H14.C12H16.C12H10.C10H8.C6H6/c2*1-3-7-15(8-4-1)17-11-13-18(14-12-17)16-9-5-2-6-10-16;2*1-3-7-11(8-4-1)12-9-5-2-6-10-12;1-2-6-10-8-4-3-7-9(10)5-1;1-2-4-6-5-3-1/h1,3-4,7-8,11-14,16H,2,5-6,9-10H2;1-14H;1,3-4,7-8,12H,2,5-6,9-10H2;1-10H;1-8H;1-6H. The van der Waals surface area contributed by atoms with Crippen molar-refractivity contribution in [2.75, 3.05) is 0 Å². The van der Waals surface area contributed by atoms with Crippen molar-refractivity contribution in [3.8, 4) is 44.5 Å². The van der Waals surface area contributed by atoms with Gasteiger partial charge in [-0.1, -0.05) is 354 Å². The molecule has 2 saturated carbocycles. The maximum atomic E-state index is 2.33. The van der Waals surface area contributed by atoms with Crippen LogP contribution in [0.1, 0.15) is 87.2 Å². The van der Waals surface area contributed by atoms with Gasteiger partial charge in [0, 0.05) is 0 Å². The van der Waals surface area contributed by atoms with Gasteiger partial charge in [-0.3, -0.25) is 0 Å². The maximum absolute atomic E-state index is 2.33. The Morgan fingerprint density at radius 3 is 0.605 bits per heavy atom. The minimum atomic E-state index is 0.809. The van der Waals surface area contributed by atoms with Crippen LogP contribution < -0.4 is 0 Å². The van der Waals surface area contributed by atoms with Crippen molar-refractivity contribution in [3.05, 3.63) is 327 Å². The molecule has 0 spiro atoms. The highest BCUT2D eigenvalue weighted by Crippen LogP contribution is 2.34. The van der Waals surface area contributed by atoms with Crippen LogP contribution in [0, 0.1) is 0 Å². The zero-order chi connectivity index (χ0) is 51.9. The summed E-state index contributed by atoms with van der Waals surface area (Å²) >= 11 is 0. The summed E-state index contributed by atoms with van der Waals surface area (Å²) in [5.41, 5.74) is 13.3. The molecule has 76 heavy (non-hydrogen) atoms. The first-order valence-corrected chi connectivity index (χ1v) is 27.7. The molecule has 2 aliphatic carbocycles. The lowest BCUT2D eigenvalue weighted by atomic mass is 9.84. The predicted molar refractivity (Wildman–Crippen MR) is 330 cm³/mol. The van der Waals surface area contributed by atoms with Crippen LogP contribution in [0.3, 0.4) is 0 Å². The normalized spacial score (nSPS) is 12.9. The summed E-state index contributed by atoms with van der Waals surface area (Å²) in [5, 5.41) is 2.62. The number of fused-ring (bicyclic) bond motifs is 1. The SMILES string of the molecule is c1ccc(-c2ccc(-c3ccccc3)cc2)cc1.c1ccc(-c2ccc(C3CCCCC3)cc2)cc1.c1ccc(-c2ccccc2)cc1.c1ccc(C2CCCCC2)cc1.c1ccc2ccccc2c1.c1ccccc1. The van der Waals surface area contributed by atoms with E-state index in [-0.39, 0.29) is 0 Å². The molecule has 0 heteroatoms. The van der Waals surface area contributed by atoms with Gasteiger partial charge in [-0.2, -0.15) is 0 Å². The van der Waals surface area contributed by atoms with Gasteiger partial charge in [-0.15, -0.1) is 0 Å². The highest BCUT2D eigenvalue weighted by Gasteiger charge is 2.16. The first-order chi connectivity index (χ1) is 37.8. The second-order valence-corrected chi connectivity index (χ2v) is 19.6. The van der Waals surface area contributed by atoms with Gasteiger partial charge in [0.2, 0.25) is 0 Å². The van der Waals surface area contributed by atoms with E-state index in [0.29, 0.717) is 0 Å². The minimum Gasteiger partial charge on any atom is -0.0623 e. The smallest absolute Gasteiger partial charge is 0.0162 e. The minimum absolute atomic E-state index is 0.809. The molecule has 2 fully saturated rings. The highest BCUT2D eigenvalue weighted by atomic mass is 14.2. The van der Waals surface area contributed by atoms with E-state index in [1.165, 1.54) is 125 Å². The zero-order valence-electron chi connectivity index (χ0n) is 44.2. The van der Waals surface area contributed by atoms with Crippen LogP contribution in [0.15, 0.2) is 315 Å². The van der Waals surface area contributed by atoms with Crippen molar-refractivity contribution in [1.82, 2.24) is 0 Å². The number of rotatable bonds is 6.